The van der Waals surface area contributed by atoms with Crippen LogP contribution in [0.25, 0.3) is 0 Å². The fourth-order valence-electron chi connectivity index (χ4n) is 2.92. The molecule has 0 aliphatic rings. The third-order valence-corrected chi connectivity index (χ3v) is 5.73. The fraction of sp³-hybridized carbons (Fsp3) is 0.421. The van der Waals surface area contributed by atoms with E-state index in [1.807, 2.05) is 26.8 Å². The molecule has 0 spiro atoms. The van der Waals surface area contributed by atoms with Crippen LogP contribution >= 0.6 is 0 Å². The number of aromatic nitrogens is 1. The van der Waals surface area contributed by atoms with Crippen molar-refractivity contribution in [1.82, 2.24) is 9.29 Å². The second-order valence-electron chi connectivity index (χ2n) is 7.37. The summed E-state index contributed by atoms with van der Waals surface area (Å²) >= 11 is 0. The number of aryl methyl sites for hydroxylation is 1. The highest BCUT2D eigenvalue weighted by molar-refractivity contribution is 7.89. The number of rotatable bonds is 5. The lowest BCUT2D eigenvalue weighted by atomic mass is 10.1. The third-order valence-electron chi connectivity index (χ3n) is 3.98. The Balaban J connectivity index is 2.28. The SMILES string of the molecule is CCn1c(C)cc(C(=O)Nc2cccc(S(=O)(=O)NC(C)(C)C)c2)c1C. The molecule has 0 fully saturated rings. The molecule has 1 aromatic heterocycles. The fourth-order valence-corrected chi connectivity index (χ4v) is 4.38. The first-order valence-electron chi connectivity index (χ1n) is 8.56. The van der Waals surface area contributed by atoms with Crippen molar-refractivity contribution in [3.63, 3.8) is 0 Å². The van der Waals surface area contributed by atoms with E-state index in [9.17, 15) is 13.2 Å². The van der Waals surface area contributed by atoms with E-state index in [1.54, 1.807) is 32.9 Å². The van der Waals surface area contributed by atoms with Crippen molar-refractivity contribution in [1.29, 1.82) is 0 Å². The predicted molar refractivity (Wildman–Crippen MR) is 104 cm³/mol. The van der Waals surface area contributed by atoms with Crippen molar-refractivity contribution < 1.29 is 13.2 Å². The minimum Gasteiger partial charge on any atom is -0.349 e. The zero-order valence-corrected chi connectivity index (χ0v) is 17.0. The standard InChI is InChI=1S/C19H27N3O3S/c1-7-22-13(2)11-17(14(22)3)18(23)20-15-9-8-10-16(12-15)26(24,25)21-19(4,5)6/h8-12,21H,7H2,1-6H3,(H,20,23). The van der Waals surface area contributed by atoms with E-state index in [2.05, 4.69) is 14.6 Å². The number of hydrogen-bond acceptors (Lipinski definition) is 3. The first-order chi connectivity index (χ1) is 11.9. The zero-order chi connectivity index (χ0) is 19.7. The molecule has 0 atom stereocenters. The van der Waals surface area contributed by atoms with Crippen LogP contribution in [0.5, 0.6) is 0 Å². The molecule has 0 radical (unpaired) electrons. The van der Waals surface area contributed by atoms with Crippen LogP contribution in [0.3, 0.4) is 0 Å². The second-order valence-corrected chi connectivity index (χ2v) is 9.05. The van der Waals surface area contributed by atoms with E-state index < -0.39 is 15.6 Å². The molecule has 0 bridgehead atoms. The van der Waals surface area contributed by atoms with Gasteiger partial charge in [0.25, 0.3) is 5.91 Å². The summed E-state index contributed by atoms with van der Waals surface area (Å²) < 4.78 is 29.6. The van der Waals surface area contributed by atoms with Crippen LogP contribution < -0.4 is 10.0 Å². The number of carbonyl (C=O) groups is 1. The molecule has 1 aromatic carbocycles. The summed E-state index contributed by atoms with van der Waals surface area (Å²) in [7, 11) is -3.66. The number of benzene rings is 1. The van der Waals surface area contributed by atoms with Crippen LogP contribution in [0.4, 0.5) is 5.69 Å². The van der Waals surface area contributed by atoms with Gasteiger partial charge < -0.3 is 9.88 Å². The molecule has 2 N–H and O–H groups in total. The van der Waals surface area contributed by atoms with Gasteiger partial charge in [-0.05, 0) is 65.8 Å². The molecule has 142 valence electrons. The average Bonchev–Trinajstić information content (AvgIpc) is 2.79. The van der Waals surface area contributed by atoms with Gasteiger partial charge in [0.05, 0.1) is 10.5 Å². The van der Waals surface area contributed by atoms with Gasteiger partial charge in [-0.2, -0.15) is 0 Å². The molecule has 1 heterocycles. The highest BCUT2D eigenvalue weighted by Gasteiger charge is 2.22. The number of carbonyl (C=O) groups excluding carboxylic acids is 1. The van der Waals surface area contributed by atoms with E-state index in [1.165, 1.54) is 12.1 Å². The lowest BCUT2D eigenvalue weighted by Crippen LogP contribution is -2.40. The quantitative estimate of drug-likeness (QED) is 0.837. The van der Waals surface area contributed by atoms with Crippen molar-refractivity contribution in [3.05, 3.63) is 47.3 Å². The lowest BCUT2D eigenvalue weighted by molar-refractivity contribution is 0.102. The van der Waals surface area contributed by atoms with Crippen LogP contribution in [0.1, 0.15) is 49.4 Å². The Bertz CT molecular complexity index is 922. The molecule has 7 heteroatoms. The van der Waals surface area contributed by atoms with Gasteiger partial charge in [-0.15, -0.1) is 0 Å². The summed E-state index contributed by atoms with van der Waals surface area (Å²) in [5.74, 6) is -0.254. The summed E-state index contributed by atoms with van der Waals surface area (Å²) in [6.07, 6.45) is 0. The molecule has 1 amide bonds. The number of sulfonamides is 1. The average molecular weight is 378 g/mol. The Kier molecular flexibility index (Phi) is 5.63. The molecule has 0 saturated carbocycles. The first-order valence-corrected chi connectivity index (χ1v) is 10.0. The monoisotopic (exact) mass is 377 g/mol. The number of nitrogens with zero attached hydrogens (tertiary/aromatic N) is 1. The van der Waals surface area contributed by atoms with Gasteiger partial charge in [0.15, 0.2) is 0 Å². The van der Waals surface area contributed by atoms with Crippen LogP contribution in [-0.2, 0) is 16.6 Å². The molecule has 6 nitrogen and oxygen atoms in total. The Hall–Kier alpha value is -2.12. The van der Waals surface area contributed by atoms with E-state index in [4.69, 9.17) is 0 Å². The molecular formula is C19H27N3O3S. The van der Waals surface area contributed by atoms with E-state index in [-0.39, 0.29) is 10.8 Å². The van der Waals surface area contributed by atoms with Gasteiger partial charge in [0, 0.05) is 29.2 Å². The maximum Gasteiger partial charge on any atom is 0.257 e. The van der Waals surface area contributed by atoms with Crippen LogP contribution in [0.2, 0.25) is 0 Å². The maximum absolute atomic E-state index is 12.6. The minimum atomic E-state index is -3.66. The molecule has 0 unspecified atom stereocenters. The van der Waals surface area contributed by atoms with Crippen LogP contribution in [0, 0.1) is 13.8 Å². The van der Waals surface area contributed by atoms with Crippen molar-refractivity contribution in [2.45, 2.75) is 58.5 Å². The molecule has 2 aromatic rings. The summed E-state index contributed by atoms with van der Waals surface area (Å²) in [6, 6.07) is 8.10. The highest BCUT2D eigenvalue weighted by Crippen LogP contribution is 2.20. The van der Waals surface area contributed by atoms with E-state index in [0.29, 0.717) is 11.3 Å². The number of hydrogen-bond donors (Lipinski definition) is 2. The minimum absolute atomic E-state index is 0.115. The van der Waals surface area contributed by atoms with Crippen molar-refractivity contribution in [2.75, 3.05) is 5.32 Å². The second kappa shape index (κ2) is 7.25. The predicted octanol–water partition coefficient (Wildman–Crippen LogP) is 3.45. The Morgan fingerprint density at radius 2 is 1.81 bits per heavy atom. The molecule has 2 rings (SSSR count). The smallest absolute Gasteiger partial charge is 0.257 e. The number of nitrogens with one attached hydrogen (secondary N) is 2. The molecule has 0 aliphatic heterocycles. The van der Waals surface area contributed by atoms with Crippen LogP contribution in [0.15, 0.2) is 35.2 Å². The molecule has 0 aliphatic carbocycles. The normalized spacial score (nSPS) is 12.2. The first kappa shape index (κ1) is 20.2. The summed E-state index contributed by atoms with van der Waals surface area (Å²) in [5, 5.41) is 2.79. The molecular weight excluding hydrogens is 350 g/mol. The molecule has 26 heavy (non-hydrogen) atoms. The van der Waals surface area contributed by atoms with Gasteiger partial charge in [0.1, 0.15) is 0 Å². The number of anilines is 1. The summed E-state index contributed by atoms with van der Waals surface area (Å²) in [4.78, 5) is 12.7. The van der Waals surface area contributed by atoms with Gasteiger partial charge in [-0.3, -0.25) is 4.79 Å². The largest absolute Gasteiger partial charge is 0.349 e. The maximum atomic E-state index is 12.6. The van der Waals surface area contributed by atoms with Crippen molar-refractivity contribution in [2.24, 2.45) is 0 Å². The summed E-state index contributed by atoms with van der Waals surface area (Å²) in [6.45, 7) is 12.0. The highest BCUT2D eigenvalue weighted by atomic mass is 32.2. The van der Waals surface area contributed by atoms with E-state index in [0.717, 1.165) is 17.9 Å². The van der Waals surface area contributed by atoms with Crippen molar-refractivity contribution >= 4 is 21.6 Å². The molecule has 0 saturated heterocycles. The van der Waals surface area contributed by atoms with E-state index >= 15 is 0 Å². The topological polar surface area (TPSA) is 80.2 Å². The Morgan fingerprint density at radius 3 is 2.35 bits per heavy atom. The number of amides is 1. The zero-order valence-electron chi connectivity index (χ0n) is 16.2. The Labute approximate surface area is 155 Å². The lowest BCUT2D eigenvalue weighted by Gasteiger charge is -2.20. The Morgan fingerprint density at radius 1 is 1.15 bits per heavy atom. The van der Waals surface area contributed by atoms with Gasteiger partial charge in [-0.1, -0.05) is 6.07 Å². The van der Waals surface area contributed by atoms with Gasteiger partial charge in [0.2, 0.25) is 10.0 Å². The van der Waals surface area contributed by atoms with Crippen molar-refractivity contribution in [3.8, 4) is 0 Å². The third kappa shape index (κ3) is 4.53. The van der Waals surface area contributed by atoms with Gasteiger partial charge >= 0.3 is 0 Å². The summed E-state index contributed by atoms with van der Waals surface area (Å²) in [5.41, 5.74) is 2.34. The van der Waals surface area contributed by atoms with Gasteiger partial charge in [-0.25, -0.2) is 13.1 Å². The van der Waals surface area contributed by atoms with Crippen LogP contribution in [-0.4, -0.2) is 24.4 Å².